The van der Waals surface area contributed by atoms with E-state index >= 15 is 0 Å². The quantitative estimate of drug-likeness (QED) is 0.585. The lowest BCUT2D eigenvalue weighted by Gasteiger charge is -2.26. The molecule has 1 unspecified atom stereocenters. The molecule has 0 amide bonds. The van der Waals surface area contributed by atoms with Crippen molar-refractivity contribution in [2.45, 2.75) is 77.0 Å². The van der Waals surface area contributed by atoms with Crippen LogP contribution < -0.4 is 0 Å². The Morgan fingerprint density at radius 3 is 2.12 bits per heavy atom. The zero-order valence-electron chi connectivity index (χ0n) is 10.9. The first kappa shape index (κ1) is 12.5. The van der Waals surface area contributed by atoms with Crippen LogP contribution in [0.3, 0.4) is 0 Å². The molecule has 0 saturated heterocycles. The molecule has 0 heterocycles. The summed E-state index contributed by atoms with van der Waals surface area (Å²) in [7, 11) is 0. The standard InChI is InChI=1S/C16H29/c1-2-15(16-10-6-7-11-16)13-12-14-8-4-3-5-9-14/h14-16H,1-13H2. The van der Waals surface area contributed by atoms with Gasteiger partial charge in [-0.05, 0) is 24.2 Å². The second-order valence-corrected chi connectivity index (χ2v) is 6.17. The van der Waals surface area contributed by atoms with Gasteiger partial charge in [0.25, 0.3) is 0 Å². The minimum Gasteiger partial charge on any atom is -0.0533 e. The summed E-state index contributed by atoms with van der Waals surface area (Å²) in [6, 6.07) is 0. The molecule has 0 nitrogen and oxygen atoms in total. The van der Waals surface area contributed by atoms with Gasteiger partial charge in [0.1, 0.15) is 0 Å². The molecule has 2 aliphatic rings. The lowest BCUT2D eigenvalue weighted by molar-refractivity contribution is 0.261. The highest BCUT2D eigenvalue weighted by atomic mass is 14.3. The van der Waals surface area contributed by atoms with E-state index in [9.17, 15) is 0 Å². The molecule has 93 valence electrons. The summed E-state index contributed by atoms with van der Waals surface area (Å²) in [5.41, 5.74) is 0. The summed E-state index contributed by atoms with van der Waals surface area (Å²) in [6.07, 6.45) is 17.7. The van der Waals surface area contributed by atoms with Gasteiger partial charge in [-0.25, -0.2) is 0 Å². The minimum atomic E-state index is 0.962. The normalized spacial score (nSPS) is 26.1. The van der Waals surface area contributed by atoms with Gasteiger partial charge < -0.3 is 0 Å². The van der Waals surface area contributed by atoms with Gasteiger partial charge in [0.05, 0.1) is 0 Å². The summed E-state index contributed by atoms with van der Waals surface area (Å²) in [5, 5.41) is 0. The molecule has 0 aliphatic heterocycles. The van der Waals surface area contributed by atoms with Crippen LogP contribution in [0.5, 0.6) is 0 Å². The van der Waals surface area contributed by atoms with Crippen molar-refractivity contribution in [1.29, 1.82) is 0 Å². The maximum atomic E-state index is 4.19. The molecular formula is C16H29. The van der Waals surface area contributed by atoms with Crippen molar-refractivity contribution in [3.05, 3.63) is 6.92 Å². The molecule has 0 bridgehead atoms. The Morgan fingerprint density at radius 2 is 1.50 bits per heavy atom. The molecule has 0 aromatic rings. The highest BCUT2D eigenvalue weighted by Gasteiger charge is 2.24. The Balaban J connectivity index is 1.69. The molecule has 1 atom stereocenters. The second kappa shape index (κ2) is 6.67. The van der Waals surface area contributed by atoms with Crippen molar-refractivity contribution >= 4 is 0 Å². The van der Waals surface area contributed by atoms with Gasteiger partial charge in [-0.15, -0.1) is 0 Å². The van der Waals surface area contributed by atoms with Gasteiger partial charge in [-0.3, -0.25) is 0 Å². The lowest BCUT2D eigenvalue weighted by atomic mass is 9.79. The van der Waals surface area contributed by atoms with Crippen LogP contribution in [0.15, 0.2) is 0 Å². The first-order valence-electron chi connectivity index (χ1n) is 7.69. The third kappa shape index (κ3) is 3.50. The van der Waals surface area contributed by atoms with Crippen LogP contribution in [0.4, 0.5) is 0 Å². The van der Waals surface area contributed by atoms with Crippen molar-refractivity contribution in [3.8, 4) is 0 Å². The summed E-state index contributed by atoms with van der Waals surface area (Å²) in [6.45, 7) is 4.19. The summed E-state index contributed by atoms with van der Waals surface area (Å²) < 4.78 is 0. The Labute approximate surface area is 102 Å². The first-order chi connectivity index (χ1) is 7.90. The number of rotatable bonds is 5. The number of hydrogen-bond donors (Lipinski definition) is 0. The molecule has 0 aromatic carbocycles. The summed E-state index contributed by atoms with van der Waals surface area (Å²) >= 11 is 0. The fourth-order valence-electron chi connectivity index (χ4n) is 3.97. The van der Waals surface area contributed by atoms with E-state index in [4.69, 9.17) is 0 Å². The topological polar surface area (TPSA) is 0 Å². The summed E-state index contributed by atoms with van der Waals surface area (Å²) in [4.78, 5) is 0. The van der Waals surface area contributed by atoms with Gasteiger partial charge in [-0.2, -0.15) is 0 Å². The molecule has 0 spiro atoms. The Hall–Kier alpha value is 0. The predicted octanol–water partition coefficient (Wildman–Crippen LogP) is 5.38. The highest BCUT2D eigenvalue weighted by Crippen LogP contribution is 2.37. The van der Waals surface area contributed by atoms with E-state index in [0.717, 1.165) is 17.8 Å². The maximum absolute atomic E-state index is 4.19. The highest BCUT2D eigenvalue weighted by molar-refractivity contribution is 4.77. The van der Waals surface area contributed by atoms with Crippen molar-refractivity contribution < 1.29 is 0 Å². The molecule has 0 N–H and O–H groups in total. The lowest BCUT2D eigenvalue weighted by Crippen LogP contribution is -2.14. The molecule has 0 aromatic heterocycles. The third-order valence-electron chi connectivity index (χ3n) is 5.11. The van der Waals surface area contributed by atoms with Gasteiger partial charge in [0, 0.05) is 0 Å². The average Bonchev–Trinajstić information content (AvgIpc) is 2.85. The molecule has 2 fully saturated rings. The molecular weight excluding hydrogens is 192 g/mol. The number of hydrogen-bond acceptors (Lipinski definition) is 0. The molecule has 2 rings (SSSR count). The molecule has 1 radical (unpaired) electrons. The van der Waals surface area contributed by atoms with Crippen LogP contribution in [0.25, 0.3) is 0 Å². The van der Waals surface area contributed by atoms with Crippen molar-refractivity contribution in [1.82, 2.24) is 0 Å². The third-order valence-corrected chi connectivity index (χ3v) is 5.11. The smallest absolute Gasteiger partial charge is 0.0386 e. The minimum absolute atomic E-state index is 0.962. The molecule has 16 heavy (non-hydrogen) atoms. The van der Waals surface area contributed by atoms with Gasteiger partial charge >= 0.3 is 0 Å². The zero-order valence-corrected chi connectivity index (χ0v) is 10.9. The Morgan fingerprint density at radius 1 is 0.875 bits per heavy atom. The van der Waals surface area contributed by atoms with Gasteiger partial charge in [0.15, 0.2) is 0 Å². The van der Waals surface area contributed by atoms with E-state index in [0.29, 0.717) is 0 Å². The molecule has 2 saturated carbocycles. The second-order valence-electron chi connectivity index (χ2n) is 6.17. The SMILES string of the molecule is [CH2]CC(CCC1CCCCC1)C1CCCC1. The Bertz CT molecular complexity index is 172. The zero-order chi connectivity index (χ0) is 11.2. The monoisotopic (exact) mass is 221 g/mol. The van der Waals surface area contributed by atoms with Crippen molar-refractivity contribution in [2.75, 3.05) is 0 Å². The van der Waals surface area contributed by atoms with E-state index in [2.05, 4.69) is 6.92 Å². The van der Waals surface area contributed by atoms with Crippen molar-refractivity contribution in [3.63, 3.8) is 0 Å². The first-order valence-corrected chi connectivity index (χ1v) is 7.69. The van der Waals surface area contributed by atoms with Crippen LogP contribution in [0, 0.1) is 24.7 Å². The van der Waals surface area contributed by atoms with Crippen LogP contribution >= 0.6 is 0 Å². The Kier molecular flexibility index (Phi) is 5.19. The van der Waals surface area contributed by atoms with Crippen LogP contribution in [0.1, 0.15) is 77.0 Å². The van der Waals surface area contributed by atoms with E-state index in [1.54, 1.807) is 0 Å². The van der Waals surface area contributed by atoms with Gasteiger partial charge in [-0.1, -0.05) is 77.6 Å². The van der Waals surface area contributed by atoms with E-state index in [1.807, 2.05) is 0 Å². The maximum Gasteiger partial charge on any atom is -0.0386 e. The predicted molar refractivity (Wildman–Crippen MR) is 71.2 cm³/mol. The van der Waals surface area contributed by atoms with Crippen LogP contribution in [-0.4, -0.2) is 0 Å². The summed E-state index contributed by atoms with van der Waals surface area (Å²) in [5.74, 6) is 3.08. The van der Waals surface area contributed by atoms with E-state index < -0.39 is 0 Å². The van der Waals surface area contributed by atoms with E-state index in [-0.39, 0.29) is 0 Å². The molecule has 2 aliphatic carbocycles. The van der Waals surface area contributed by atoms with Crippen LogP contribution in [0.2, 0.25) is 0 Å². The average molecular weight is 221 g/mol. The largest absolute Gasteiger partial charge is 0.0533 e. The fraction of sp³-hybridized carbons (Fsp3) is 0.938. The molecule has 0 heteroatoms. The van der Waals surface area contributed by atoms with Crippen LogP contribution in [-0.2, 0) is 0 Å². The van der Waals surface area contributed by atoms with Crippen molar-refractivity contribution in [2.24, 2.45) is 17.8 Å². The van der Waals surface area contributed by atoms with Gasteiger partial charge in [0.2, 0.25) is 0 Å². The fourth-order valence-corrected chi connectivity index (χ4v) is 3.97. The van der Waals surface area contributed by atoms with E-state index in [1.165, 1.54) is 77.0 Å².